The number of aliphatic imine (C=N–C) groups is 1. The fourth-order valence-corrected chi connectivity index (χ4v) is 4.06. The number of aryl methyl sites for hydroxylation is 1. The van der Waals surface area contributed by atoms with Crippen LogP contribution in [0.1, 0.15) is 34.7 Å². The Morgan fingerprint density at radius 1 is 1.00 bits per heavy atom. The van der Waals surface area contributed by atoms with E-state index in [-0.39, 0.29) is 0 Å². The van der Waals surface area contributed by atoms with Gasteiger partial charge in [0.15, 0.2) is 5.96 Å². The minimum Gasteiger partial charge on any atom is -0.379 e. The molecule has 2 heterocycles. The Kier molecular flexibility index (Phi) is 8.33. The lowest BCUT2D eigenvalue weighted by Crippen LogP contribution is -2.36. The van der Waals surface area contributed by atoms with Gasteiger partial charge in [-0.3, -0.25) is 4.90 Å². The lowest BCUT2D eigenvalue weighted by Gasteiger charge is -2.26. The molecule has 152 valence electrons. The van der Waals surface area contributed by atoms with E-state index >= 15 is 0 Å². The average Bonchev–Trinajstić information content (AvgIpc) is 3.20. The van der Waals surface area contributed by atoms with Crippen molar-refractivity contribution in [2.75, 3.05) is 32.8 Å². The number of ether oxygens (including phenoxy) is 1. The van der Waals surface area contributed by atoms with Gasteiger partial charge >= 0.3 is 0 Å². The summed E-state index contributed by atoms with van der Waals surface area (Å²) in [5.41, 5.74) is 2.58. The molecule has 1 aromatic heterocycles. The molecule has 5 nitrogen and oxygen atoms in total. The summed E-state index contributed by atoms with van der Waals surface area (Å²) in [4.78, 5) is 9.96. The van der Waals surface area contributed by atoms with Crippen LogP contribution >= 0.6 is 11.3 Å². The van der Waals surface area contributed by atoms with Gasteiger partial charge in [0, 0.05) is 35.9 Å². The molecule has 1 fully saturated rings. The van der Waals surface area contributed by atoms with Crippen molar-refractivity contribution in [1.29, 1.82) is 0 Å². The van der Waals surface area contributed by atoms with Crippen LogP contribution in [0.3, 0.4) is 0 Å². The summed E-state index contributed by atoms with van der Waals surface area (Å²) in [6.07, 6.45) is 1.10. The quantitative estimate of drug-likeness (QED) is 0.527. The van der Waals surface area contributed by atoms with Gasteiger partial charge in [0.25, 0.3) is 0 Å². The van der Waals surface area contributed by atoms with E-state index < -0.39 is 0 Å². The monoisotopic (exact) mass is 400 g/mol. The molecule has 0 bridgehead atoms. The maximum atomic E-state index is 5.42. The van der Waals surface area contributed by atoms with Gasteiger partial charge < -0.3 is 15.4 Å². The largest absolute Gasteiger partial charge is 0.379 e. The number of hydrogen-bond acceptors (Lipinski definition) is 4. The second kappa shape index (κ2) is 11.2. The van der Waals surface area contributed by atoms with Crippen LogP contribution in [0.2, 0.25) is 0 Å². The highest BCUT2D eigenvalue weighted by Crippen LogP contribution is 2.16. The Balaban J connectivity index is 1.51. The SMILES string of the molecule is CCNC(=NCc1ccc(CN2CCOCC2)cc1)NCc1ccc(CC)s1. The van der Waals surface area contributed by atoms with Crippen molar-refractivity contribution < 1.29 is 4.74 Å². The molecular formula is C22H32N4OS. The van der Waals surface area contributed by atoms with Crippen molar-refractivity contribution in [1.82, 2.24) is 15.5 Å². The molecule has 0 amide bonds. The Hall–Kier alpha value is -1.89. The van der Waals surface area contributed by atoms with Gasteiger partial charge in [0.05, 0.1) is 26.3 Å². The minimum atomic E-state index is 0.678. The smallest absolute Gasteiger partial charge is 0.191 e. The third kappa shape index (κ3) is 6.62. The summed E-state index contributed by atoms with van der Waals surface area (Å²) in [5, 5.41) is 6.78. The maximum absolute atomic E-state index is 5.42. The van der Waals surface area contributed by atoms with Crippen molar-refractivity contribution in [3.05, 3.63) is 57.3 Å². The Morgan fingerprint density at radius 3 is 2.39 bits per heavy atom. The van der Waals surface area contributed by atoms with E-state index in [1.54, 1.807) is 0 Å². The number of benzene rings is 1. The van der Waals surface area contributed by atoms with E-state index in [4.69, 9.17) is 9.73 Å². The Bertz CT molecular complexity index is 735. The van der Waals surface area contributed by atoms with Crippen molar-refractivity contribution in [2.24, 2.45) is 4.99 Å². The number of morpholine rings is 1. The molecule has 0 atom stereocenters. The lowest BCUT2D eigenvalue weighted by molar-refractivity contribution is 0.0342. The van der Waals surface area contributed by atoms with Crippen molar-refractivity contribution in [2.45, 2.75) is 39.9 Å². The molecule has 0 saturated carbocycles. The van der Waals surface area contributed by atoms with Crippen LogP contribution < -0.4 is 10.6 Å². The number of hydrogen-bond donors (Lipinski definition) is 2. The summed E-state index contributed by atoms with van der Waals surface area (Å²) in [6, 6.07) is 13.2. The molecule has 1 aliphatic rings. The van der Waals surface area contributed by atoms with Gasteiger partial charge in [-0.15, -0.1) is 11.3 Å². The van der Waals surface area contributed by atoms with E-state index in [1.807, 2.05) is 11.3 Å². The standard InChI is InChI=1S/C22H32N4OS/c1-3-20-9-10-21(28-20)16-25-22(23-4-2)24-15-18-5-7-19(8-6-18)17-26-11-13-27-14-12-26/h5-10H,3-4,11-17H2,1-2H3,(H2,23,24,25). The molecule has 28 heavy (non-hydrogen) atoms. The number of thiophene rings is 1. The van der Waals surface area contributed by atoms with Gasteiger partial charge in [-0.2, -0.15) is 0 Å². The molecule has 1 aromatic carbocycles. The normalized spacial score (nSPS) is 15.6. The van der Waals surface area contributed by atoms with Gasteiger partial charge in [-0.25, -0.2) is 4.99 Å². The van der Waals surface area contributed by atoms with Crippen LogP contribution in [-0.2, 0) is 30.8 Å². The Morgan fingerprint density at radius 2 is 1.71 bits per heavy atom. The van der Waals surface area contributed by atoms with Crippen molar-refractivity contribution in [3.8, 4) is 0 Å². The number of nitrogens with zero attached hydrogens (tertiary/aromatic N) is 2. The first-order valence-electron chi connectivity index (χ1n) is 10.2. The third-order valence-corrected chi connectivity index (χ3v) is 6.02. The molecule has 1 aliphatic heterocycles. The first kappa shape index (κ1) is 20.8. The molecule has 0 radical (unpaired) electrons. The first-order chi connectivity index (χ1) is 13.8. The fourth-order valence-electron chi connectivity index (χ4n) is 3.16. The van der Waals surface area contributed by atoms with Crippen LogP contribution in [0.5, 0.6) is 0 Å². The van der Waals surface area contributed by atoms with Gasteiger partial charge in [0.2, 0.25) is 0 Å². The van der Waals surface area contributed by atoms with Crippen LogP contribution in [-0.4, -0.2) is 43.7 Å². The summed E-state index contributed by atoms with van der Waals surface area (Å²) in [5.74, 6) is 0.867. The molecule has 0 unspecified atom stereocenters. The highest BCUT2D eigenvalue weighted by atomic mass is 32.1. The molecule has 1 saturated heterocycles. The molecular weight excluding hydrogens is 368 g/mol. The molecule has 2 N–H and O–H groups in total. The van der Waals surface area contributed by atoms with Crippen LogP contribution in [0, 0.1) is 0 Å². The third-order valence-electron chi connectivity index (χ3n) is 4.79. The highest BCUT2D eigenvalue weighted by molar-refractivity contribution is 7.11. The summed E-state index contributed by atoms with van der Waals surface area (Å²) >= 11 is 1.87. The second-order valence-corrected chi connectivity index (χ2v) is 8.23. The predicted molar refractivity (Wildman–Crippen MR) is 118 cm³/mol. The van der Waals surface area contributed by atoms with E-state index in [9.17, 15) is 0 Å². The van der Waals surface area contributed by atoms with Crippen molar-refractivity contribution in [3.63, 3.8) is 0 Å². The summed E-state index contributed by atoms with van der Waals surface area (Å²) in [6.45, 7) is 11.4. The van der Waals surface area contributed by atoms with Crippen LogP contribution in [0.15, 0.2) is 41.4 Å². The number of guanidine groups is 1. The minimum absolute atomic E-state index is 0.678. The molecule has 3 rings (SSSR count). The van der Waals surface area contributed by atoms with Crippen LogP contribution in [0.4, 0.5) is 0 Å². The molecule has 6 heteroatoms. The zero-order chi connectivity index (χ0) is 19.6. The van der Waals surface area contributed by atoms with E-state index in [2.05, 4.69) is 65.8 Å². The lowest BCUT2D eigenvalue weighted by atomic mass is 10.1. The maximum Gasteiger partial charge on any atom is 0.191 e. The molecule has 0 aliphatic carbocycles. The zero-order valence-corrected chi connectivity index (χ0v) is 17.9. The summed E-state index contributed by atoms with van der Waals surface area (Å²) < 4.78 is 5.42. The predicted octanol–water partition coefficient (Wildman–Crippen LogP) is 3.40. The Labute approximate surface area is 172 Å². The van der Waals surface area contributed by atoms with Gasteiger partial charge in [-0.05, 0) is 36.6 Å². The second-order valence-electron chi connectivity index (χ2n) is 6.98. The van der Waals surface area contributed by atoms with Gasteiger partial charge in [-0.1, -0.05) is 31.2 Å². The van der Waals surface area contributed by atoms with E-state index in [0.29, 0.717) is 6.54 Å². The number of rotatable bonds is 8. The first-order valence-corrected chi connectivity index (χ1v) is 11.1. The number of nitrogens with one attached hydrogen (secondary N) is 2. The molecule has 2 aromatic rings. The van der Waals surface area contributed by atoms with E-state index in [1.165, 1.54) is 20.9 Å². The average molecular weight is 401 g/mol. The summed E-state index contributed by atoms with van der Waals surface area (Å²) in [7, 11) is 0. The van der Waals surface area contributed by atoms with Crippen molar-refractivity contribution >= 4 is 17.3 Å². The fraction of sp³-hybridized carbons (Fsp3) is 0.500. The highest BCUT2D eigenvalue weighted by Gasteiger charge is 2.10. The topological polar surface area (TPSA) is 48.9 Å². The zero-order valence-electron chi connectivity index (χ0n) is 17.0. The van der Waals surface area contributed by atoms with Gasteiger partial charge in [0.1, 0.15) is 0 Å². The van der Waals surface area contributed by atoms with E-state index in [0.717, 1.165) is 58.3 Å². The van der Waals surface area contributed by atoms with Crippen LogP contribution in [0.25, 0.3) is 0 Å². The molecule has 0 spiro atoms.